The quantitative estimate of drug-likeness (QED) is 0.305. The summed E-state index contributed by atoms with van der Waals surface area (Å²) in [6.45, 7) is 4.11. The Kier molecular flexibility index (Phi) is 4.84. The van der Waals surface area contributed by atoms with Crippen LogP contribution in [0.2, 0.25) is 0 Å². The van der Waals surface area contributed by atoms with E-state index in [1.165, 1.54) is 0 Å². The highest BCUT2D eigenvalue weighted by Gasteiger charge is 2.27. The Morgan fingerprint density at radius 3 is 2.93 bits per heavy atom. The van der Waals surface area contributed by atoms with Crippen LogP contribution in [0.5, 0.6) is 0 Å². The first-order valence-corrected chi connectivity index (χ1v) is 5.44. The third-order valence-electron chi connectivity index (χ3n) is 3.07. The molecule has 0 bridgehead atoms. The number of likely N-dealkylation sites (tertiary alicyclic amines) is 1. The molecule has 0 spiro atoms. The Balaban J connectivity index is 2.45. The molecule has 2 unspecified atom stereocenters. The number of oxime groups is 1. The minimum Gasteiger partial charge on any atom is -0.409 e. The molecule has 5 nitrogen and oxygen atoms in total. The molecular weight excluding hydrogens is 194 g/mol. The summed E-state index contributed by atoms with van der Waals surface area (Å²) in [4.78, 5) is 2.35. The Hall–Kier alpha value is -0.810. The number of rotatable bonds is 5. The van der Waals surface area contributed by atoms with Crippen LogP contribution in [0.3, 0.4) is 0 Å². The second-order valence-electron chi connectivity index (χ2n) is 4.00. The van der Waals surface area contributed by atoms with Crippen LogP contribution in [0.1, 0.15) is 26.2 Å². The van der Waals surface area contributed by atoms with Gasteiger partial charge in [-0.15, -0.1) is 0 Å². The minimum atomic E-state index is 0.308. The molecule has 5 heteroatoms. The molecule has 1 rings (SSSR count). The minimum absolute atomic E-state index is 0.308. The van der Waals surface area contributed by atoms with Gasteiger partial charge in [-0.2, -0.15) is 0 Å². The summed E-state index contributed by atoms with van der Waals surface area (Å²) in [7, 11) is 1.75. The van der Waals surface area contributed by atoms with E-state index in [0.29, 0.717) is 24.4 Å². The van der Waals surface area contributed by atoms with Crippen molar-refractivity contribution in [1.82, 2.24) is 4.90 Å². The lowest BCUT2D eigenvalue weighted by molar-refractivity contribution is 0.101. The molecule has 1 heterocycles. The maximum atomic E-state index is 8.54. The molecule has 0 aliphatic carbocycles. The number of hydrogen-bond donors (Lipinski definition) is 2. The van der Waals surface area contributed by atoms with Gasteiger partial charge in [0.15, 0.2) is 0 Å². The molecule has 3 N–H and O–H groups in total. The van der Waals surface area contributed by atoms with Gasteiger partial charge in [0.1, 0.15) is 5.84 Å². The average molecular weight is 215 g/mol. The monoisotopic (exact) mass is 215 g/mol. The van der Waals surface area contributed by atoms with Crippen molar-refractivity contribution in [3.05, 3.63) is 0 Å². The van der Waals surface area contributed by atoms with Gasteiger partial charge in [0.05, 0.1) is 6.10 Å². The van der Waals surface area contributed by atoms with E-state index in [-0.39, 0.29) is 0 Å². The van der Waals surface area contributed by atoms with Gasteiger partial charge in [0.2, 0.25) is 0 Å². The topological polar surface area (TPSA) is 71.1 Å². The van der Waals surface area contributed by atoms with Crippen LogP contribution in [-0.4, -0.2) is 48.3 Å². The van der Waals surface area contributed by atoms with Gasteiger partial charge in [-0.3, -0.25) is 4.90 Å². The van der Waals surface area contributed by atoms with Crippen LogP contribution in [0.4, 0.5) is 0 Å². The average Bonchev–Trinajstić information content (AvgIpc) is 2.73. The predicted octanol–water partition coefficient (Wildman–Crippen LogP) is 0.622. The molecule has 1 aliphatic rings. The Labute approximate surface area is 90.9 Å². The number of ether oxygens (including phenoxy) is 1. The summed E-state index contributed by atoms with van der Waals surface area (Å²) in [5, 5.41) is 11.6. The molecule has 1 fully saturated rings. The SMILES string of the molecule is CCC(CC(N)=NO)N1CCC(OC)C1. The second-order valence-corrected chi connectivity index (χ2v) is 4.00. The van der Waals surface area contributed by atoms with E-state index in [1.807, 2.05) is 0 Å². The largest absolute Gasteiger partial charge is 0.409 e. The third kappa shape index (κ3) is 3.35. The van der Waals surface area contributed by atoms with E-state index >= 15 is 0 Å². The summed E-state index contributed by atoms with van der Waals surface area (Å²) in [5.74, 6) is 0.308. The maximum Gasteiger partial charge on any atom is 0.140 e. The van der Waals surface area contributed by atoms with Crippen molar-refractivity contribution in [1.29, 1.82) is 0 Å². The highest BCUT2D eigenvalue weighted by atomic mass is 16.5. The Morgan fingerprint density at radius 2 is 2.47 bits per heavy atom. The number of nitrogens with zero attached hydrogens (tertiary/aromatic N) is 2. The fraction of sp³-hybridized carbons (Fsp3) is 0.900. The molecule has 0 aromatic heterocycles. The van der Waals surface area contributed by atoms with Gasteiger partial charge in [-0.25, -0.2) is 0 Å². The molecule has 0 radical (unpaired) electrons. The molecular formula is C10H21N3O2. The normalized spacial score (nSPS) is 25.7. The second kappa shape index (κ2) is 5.92. The summed E-state index contributed by atoms with van der Waals surface area (Å²) in [6.07, 6.45) is 3.05. The first-order chi connectivity index (χ1) is 7.21. The molecule has 15 heavy (non-hydrogen) atoms. The summed E-state index contributed by atoms with van der Waals surface area (Å²) < 4.78 is 5.31. The van der Waals surface area contributed by atoms with Crippen molar-refractivity contribution in [3.8, 4) is 0 Å². The molecule has 88 valence electrons. The van der Waals surface area contributed by atoms with Gasteiger partial charge >= 0.3 is 0 Å². The highest BCUT2D eigenvalue weighted by molar-refractivity contribution is 5.80. The van der Waals surface area contributed by atoms with Gasteiger partial charge in [-0.05, 0) is 12.8 Å². The van der Waals surface area contributed by atoms with Crippen LogP contribution in [0.25, 0.3) is 0 Å². The molecule has 0 aromatic carbocycles. The van der Waals surface area contributed by atoms with E-state index in [1.54, 1.807) is 7.11 Å². The van der Waals surface area contributed by atoms with Crippen molar-refractivity contribution in [2.75, 3.05) is 20.2 Å². The molecule has 1 saturated heterocycles. The van der Waals surface area contributed by atoms with Crippen molar-refractivity contribution < 1.29 is 9.94 Å². The van der Waals surface area contributed by atoms with Gasteiger partial charge < -0.3 is 15.7 Å². The predicted molar refractivity (Wildman–Crippen MR) is 59.1 cm³/mol. The summed E-state index contributed by atoms with van der Waals surface area (Å²) in [5.41, 5.74) is 5.53. The van der Waals surface area contributed by atoms with Crippen molar-refractivity contribution in [3.63, 3.8) is 0 Å². The molecule has 0 amide bonds. The highest BCUT2D eigenvalue weighted by Crippen LogP contribution is 2.18. The zero-order valence-corrected chi connectivity index (χ0v) is 9.52. The van der Waals surface area contributed by atoms with E-state index in [4.69, 9.17) is 15.7 Å². The van der Waals surface area contributed by atoms with Crippen LogP contribution in [-0.2, 0) is 4.74 Å². The lowest BCUT2D eigenvalue weighted by Crippen LogP contribution is -2.37. The van der Waals surface area contributed by atoms with Crippen molar-refractivity contribution >= 4 is 5.84 Å². The first kappa shape index (κ1) is 12.3. The third-order valence-corrected chi connectivity index (χ3v) is 3.07. The smallest absolute Gasteiger partial charge is 0.140 e. The van der Waals surface area contributed by atoms with Crippen LogP contribution in [0.15, 0.2) is 5.16 Å². The molecule has 0 saturated carbocycles. The Morgan fingerprint density at radius 1 is 1.73 bits per heavy atom. The summed E-state index contributed by atoms with van der Waals surface area (Å²) >= 11 is 0. The number of hydrogen-bond acceptors (Lipinski definition) is 4. The lowest BCUT2D eigenvalue weighted by atomic mass is 10.1. The lowest BCUT2D eigenvalue weighted by Gasteiger charge is -2.26. The van der Waals surface area contributed by atoms with Gasteiger partial charge in [0.25, 0.3) is 0 Å². The van der Waals surface area contributed by atoms with Crippen LogP contribution < -0.4 is 5.73 Å². The van der Waals surface area contributed by atoms with Gasteiger partial charge in [0, 0.05) is 32.7 Å². The maximum absolute atomic E-state index is 8.54. The summed E-state index contributed by atoms with van der Waals surface area (Å²) in [6, 6.07) is 0.362. The number of methoxy groups -OCH3 is 1. The zero-order valence-electron chi connectivity index (χ0n) is 9.52. The van der Waals surface area contributed by atoms with E-state index < -0.39 is 0 Å². The molecule has 2 atom stereocenters. The van der Waals surface area contributed by atoms with Gasteiger partial charge in [-0.1, -0.05) is 12.1 Å². The standard InChI is InChI=1S/C10H21N3O2/c1-3-8(6-10(11)12-14)13-5-4-9(7-13)15-2/h8-9,14H,3-7H2,1-2H3,(H2,11,12). The van der Waals surface area contributed by atoms with Crippen molar-refractivity contribution in [2.45, 2.75) is 38.3 Å². The number of amidine groups is 1. The van der Waals surface area contributed by atoms with E-state index in [0.717, 1.165) is 25.9 Å². The van der Waals surface area contributed by atoms with E-state index in [2.05, 4.69) is 17.0 Å². The zero-order chi connectivity index (χ0) is 11.3. The Bertz CT molecular complexity index is 221. The molecule has 1 aliphatic heterocycles. The van der Waals surface area contributed by atoms with Crippen LogP contribution in [0, 0.1) is 0 Å². The van der Waals surface area contributed by atoms with Crippen molar-refractivity contribution in [2.24, 2.45) is 10.9 Å². The van der Waals surface area contributed by atoms with E-state index in [9.17, 15) is 0 Å². The fourth-order valence-electron chi connectivity index (χ4n) is 2.09. The molecule has 0 aromatic rings. The fourth-order valence-corrected chi connectivity index (χ4v) is 2.09. The number of nitrogens with two attached hydrogens (primary N) is 1. The van der Waals surface area contributed by atoms with Crippen LogP contribution >= 0.6 is 0 Å². The first-order valence-electron chi connectivity index (χ1n) is 5.44.